The third-order valence-corrected chi connectivity index (χ3v) is 6.91. The fourth-order valence-electron chi connectivity index (χ4n) is 3.97. The molecule has 2 heterocycles. The highest BCUT2D eigenvalue weighted by atomic mass is 32.1. The highest BCUT2D eigenvalue weighted by Gasteiger charge is 2.31. The lowest BCUT2D eigenvalue weighted by Gasteiger charge is -2.22. The van der Waals surface area contributed by atoms with Gasteiger partial charge in [-0.15, -0.1) is 11.3 Å². The number of amides is 1. The number of nitrogens with zero attached hydrogens (tertiary/aromatic N) is 4. The average Bonchev–Trinajstić information content (AvgIpc) is 3.47. The van der Waals surface area contributed by atoms with Gasteiger partial charge in [0.1, 0.15) is 5.01 Å². The number of benzene rings is 2. The molecule has 0 saturated carbocycles. The fourth-order valence-corrected chi connectivity index (χ4v) is 5.03. The van der Waals surface area contributed by atoms with Gasteiger partial charge in [0.2, 0.25) is 0 Å². The molecule has 29 heavy (non-hydrogen) atoms. The third kappa shape index (κ3) is 3.04. The average molecular weight is 403 g/mol. The predicted octanol–water partition coefficient (Wildman–Crippen LogP) is 4.80. The maximum absolute atomic E-state index is 13.4. The lowest BCUT2D eigenvalue weighted by Crippen LogP contribution is -2.30. The van der Waals surface area contributed by atoms with E-state index in [0.29, 0.717) is 5.69 Å². The van der Waals surface area contributed by atoms with Crippen LogP contribution >= 0.6 is 11.3 Å². The van der Waals surface area contributed by atoms with Crippen molar-refractivity contribution in [1.29, 1.82) is 0 Å². The summed E-state index contributed by atoms with van der Waals surface area (Å²) in [5.41, 5.74) is 4.83. The van der Waals surface area contributed by atoms with E-state index >= 15 is 0 Å². The zero-order valence-corrected chi connectivity index (χ0v) is 17.3. The number of hydrogen-bond acceptors (Lipinski definition) is 4. The first-order valence-corrected chi connectivity index (χ1v) is 10.7. The van der Waals surface area contributed by atoms with Crippen LogP contribution < -0.4 is 0 Å². The second-order valence-corrected chi connectivity index (χ2v) is 8.55. The molecule has 0 N–H and O–H groups in total. The summed E-state index contributed by atoms with van der Waals surface area (Å²) in [7, 11) is 1.85. The summed E-state index contributed by atoms with van der Waals surface area (Å²) in [6, 6.07) is 18.0. The molecular weight excluding hydrogens is 380 g/mol. The lowest BCUT2D eigenvalue weighted by molar-refractivity contribution is 0.0735. The van der Waals surface area contributed by atoms with Crippen LogP contribution in [0, 0.1) is 0 Å². The van der Waals surface area contributed by atoms with Gasteiger partial charge in [-0.2, -0.15) is 5.10 Å². The number of aromatic nitrogens is 3. The second-order valence-electron chi connectivity index (χ2n) is 7.49. The van der Waals surface area contributed by atoms with Crippen molar-refractivity contribution in [3.63, 3.8) is 0 Å². The Morgan fingerprint density at radius 1 is 1.10 bits per heavy atom. The van der Waals surface area contributed by atoms with Crippen molar-refractivity contribution in [3.05, 3.63) is 76.6 Å². The molecule has 0 bridgehead atoms. The molecule has 1 atom stereocenters. The zero-order chi connectivity index (χ0) is 20.0. The number of thiazole rings is 1. The Morgan fingerprint density at radius 2 is 1.86 bits per heavy atom. The van der Waals surface area contributed by atoms with Gasteiger partial charge >= 0.3 is 0 Å². The van der Waals surface area contributed by atoms with Gasteiger partial charge in [-0.05, 0) is 50.5 Å². The normalized spacial score (nSPS) is 14.1. The topological polar surface area (TPSA) is 51.0 Å². The van der Waals surface area contributed by atoms with Crippen molar-refractivity contribution in [3.8, 4) is 5.69 Å². The second kappa shape index (κ2) is 7.12. The Kier molecular flexibility index (Phi) is 4.43. The summed E-state index contributed by atoms with van der Waals surface area (Å²) >= 11 is 1.64. The maximum atomic E-state index is 13.4. The predicted molar refractivity (Wildman–Crippen MR) is 116 cm³/mol. The van der Waals surface area contributed by atoms with Gasteiger partial charge in [-0.1, -0.05) is 30.3 Å². The van der Waals surface area contributed by atoms with Crippen LogP contribution in [0.3, 0.4) is 0 Å². The van der Waals surface area contributed by atoms with Crippen LogP contribution in [-0.2, 0) is 12.8 Å². The summed E-state index contributed by atoms with van der Waals surface area (Å²) < 4.78 is 3.09. The molecule has 2 aromatic carbocycles. The van der Waals surface area contributed by atoms with Crippen molar-refractivity contribution in [2.24, 2.45) is 0 Å². The molecule has 4 aromatic rings. The SMILES string of the molecule is CC(c1nc2ccccc2s1)N(C)C(=O)c1nn(-c2ccccc2)c2c1CCC2. The molecule has 1 unspecified atom stereocenters. The van der Waals surface area contributed by atoms with Gasteiger partial charge in [0.15, 0.2) is 5.69 Å². The number of carbonyl (C=O) groups is 1. The van der Waals surface area contributed by atoms with E-state index in [0.717, 1.165) is 45.7 Å². The molecule has 1 aliphatic rings. The van der Waals surface area contributed by atoms with Crippen LogP contribution in [0.1, 0.15) is 46.1 Å². The largest absolute Gasteiger partial charge is 0.331 e. The lowest BCUT2D eigenvalue weighted by atomic mass is 10.1. The summed E-state index contributed by atoms with van der Waals surface area (Å²) in [5, 5.41) is 5.70. The Labute approximate surface area is 173 Å². The minimum absolute atomic E-state index is 0.0374. The van der Waals surface area contributed by atoms with E-state index in [1.54, 1.807) is 16.2 Å². The zero-order valence-electron chi connectivity index (χ0n) is 16.5. The van der Waals surface area contributed by atoms with E-state index in [4.69, 9.17) is 10.1 Å². The summed E-state index contributed by atoms with van der Waals surface area (Å²) in [6.45, 7) is 2.03. The van der Waals surface area contributed by atoms with E-state index < -0.39 is 0 Å². The fraction of sp³-hybridized carbons (Fsp3) is 0.261. The summed E-state index contributed by atoms with van der Waals surface area (Å²) in [5.74, 6) is -0.0374. The van der Waals surface area contributed by atoms with Crippen LogP contribution in [0.5, 0.6) is 0 Å². The van der Waals surface area contributed by atoms with Gasteiger partial charge in [0.05, 0.1) is 21.9 Å². The van der Waals surface area contributed by atoms with E-state index in [1.165, 1.54) is 5.69 Å². The van der Waals surface area contributed by atoms with Gasteiger partial charge in [-0.3, -0.25) is 4.79 Å². The third-order valence-electron chi connectivity index (χ3n) is 5.70. The highest BCUT2D eigenvalue weighted by molar-refractivity contribution is 7.18. The Hall–Kier alpha value is -2.99. The minimum atomic E-state index is -0.112. The smallest absolute Gasteiger partial charge is 0.274 e. The number of para-hydroxylation sites is 2. The van der Waals surface area contributed by atoms with Crippen LogP contribution in [0.25, 0.3) is 15.9 Å². The first kappa shape index (κ1) is 18.1. The molecule has 0 spiro atoms. The number of hydrogen-bond donors (Lipinski definition) is 0. The van der Waals surface area contributed by atoms with Gasteiger partial charge in [0.25, 0.3) is 5.91 Å². The van der Waals surface area contributed by atoms with Crippen molar-refractivity contribution in [2.45, 2.75) is 32.2 Å². The van der Waals surface area contributed by atoms with Gasteiger partial charge < -0.3 is 4.90 Å². The van der Waals surface area contributed by atoms with Crippen LogP contribution in [0.2, 0.25) is 0 Å². The molecule has 6 heteroatoms. The standard InChI is InChI=1S/C23H22N4OS/c1-15(22-24-18-12-6-7-14-20(18)29-22)26(2)23(28)21-17-11-8-13-19(17)27(25-21)16-9-4-3-5-10-16/h3-7,9-10,12,14-15H,8,11,13H2,1-2H3. The van der Waals surface area contributed by atoms with Gasteiger partial charge in [0, 0.05) is 18.3 Å². The summed E-state index contributed by atoms with van der Waals surface area (Å²) in [6.07, 6.45) is 2.94. The minimum Gasteiger partial charge on any atom is -0.331 e. The van der Waals surface area contributed by atoms with Crippen molar-refractivity contribution >= 4 is 27.5 Å². The molecule has 146 valence electrons. The monoisotopic (exact) mass is 402 g/mol. The molecule has 0 fully saturated rings. The molecule has 1 aliphatic carbocycles. The molecule has 2 aromatic heterocycles. The number of rotatable bonds is 4. The Morgan fingerprint density at radius 3 is 2.66 bits per heavy atom. The first-order chi connectivity index (χ1) is 14.1. The first-order valence-electron chi connectivity index (χ1n) is 9.92. The highest BCUT2D eigenvalue weighted by Crippen LogP contribution is 2.32. The van der Waals surface area contributed by atoms with Crippen molar-refractivity contribution in [1.82, 2.24) is 19.7 Å². The van der Waals surface area contributed by atoms with Crippen molar-refractivity contribution < 1.29 is 4.79 Å². The van der Waals surface area contributed by atoms with Crippen molar-refractivity contribution in [2.75, 3.05) is 7.05 Å². The molecule has 0 radical (unpaired) electrons. The quantitative estimate of drug-likeness (QED) is 0.492. The molecule has 5 nitrogen and oxygen atoms in total. The van der Waals surface area contributed by atoms with Crippen LogP contribution in [0.15, 0.2) is 54.6 Å². The number of carbonyl (C=O) groups excluding carboxylic acids is 1. The Bertz CT molecular complexity index is 1160. The molecule has 0 aliphatic heterocycles. The van der Waals surface area contributed by atoms with E-state index in [9.17, 15) is 4.79 Å². The van der Waals surface area contributed by atoms with E-state index in [2.05, 4.69) is 6.07 Å². The maximum Gasteiger partial charge on any atom is 0.274 e. The summed E-state index contributed by atoms with van der Waals surface area (Å²) in [4.78, 5) is 19.9. The van der Waals surface area contributed by atoms with Crippen LogP contribution in [0.4, 0.5) is 0 Å². The van der Waals surface area contributed by atoms with E-state index in [-0.39, 0.29) is 11.9 Å². The molecule has 5 rings (SSSR count). The van der Waals surface area contributed by atoms with Gasteiger partial charge in [-0.25, -0.2) is 9.67 Å². The molecular formula is C23H22N4OS. The molecule has 1 amide bonds. The Balaban J connectivity index is 1.48. The van der Waals surface area contributed by atoms with E-state index in [1.807, 2.05) is 67.2 Å². The van der Waals surface area contributed by atoms with Crippen LogP contribution in [-0.4, -0.2) is 32.6 Å². The number of fused-ring (bicyclic) bond motifs is 2. The molecule has 0 saturated heterocycles.